The maximum Gasteiger partial charge on any atom is 0.290 e. The van der Waals surface area contributed by atoms with Gasteiger partial charge in [0.1, 0.15) is 11.3 Å². The summed E-state index contributed by atoms with van der Waals surface area (Å²) < 4.78 is 13.1. The molecule has 2 aromatic carbocycles. The average Bonchev–Trinajstić information content (AvgIpc) is 3.51. The number of ether oxygens (including phenoxy) is 1. The number of rotatable bonds is 6. The van der Waals surface area contributed by atoms with Crippen LogP contribution in [0.25, 0.3) is 22.1 Å². The lowest BCUT2D eigenvalue weighted by atomic mass is 9.95. The van der Waals surface area contributed by atoms with Gasteiger partial charge in [0.05, 0.1) is 18.9 Å². The van der Waals surface area contributed by atoms with E-state index in [0.717, 1.165) is 29.4 Å². The molecule has 35 heavy (non-hydrogen) atoms. The highest BCUT2D eigenvalue weighted by Gasteiger charge is 2.29. The SMILES string of the molecule is COc1ccc2c(-c3ccccc3)c(C(=O)N3CCC(CNC(=O)c4cnn(C)c4)CC3)oc2c1. The van der Waals surface area contributed by atoms with Crippen LogP contribution in [0.3, 0.4) is 0 Å². The van der Waals surface area contributed by atoms with Crippen LogP contribution in [-0.4, -0.2) is 53.2 Å². The predicted molar refractivity (Wildman–Crippen MR) is 132 cm³/mol. The summed E-state index contributed by atoms with van der Waals surface area (Å²) in [5.41, 5.74) is 2.92. The van der Waals surface area contributed by atoms with Gasteiger partial charge in [-0.25, -0.2) is 0 Å². The molecule has 0 unspecified atom stereocenters. The number of fused-ring (bicyclic) bond motifs is 1. The highest BCUT2D eigenvalue weighted by atomic mass is 16.5. The van der Waals surface area contributed by atoms with Crippen molar-refractivity contribution >= 4 is 22.8 Å². The van der Waals surface area contributed by atoms with Crippen LogP contribution >= 0.6 is 0 Å². The Kier molecular flexibility index (Phi) is 6.27. The zero-order valence-corrected chi connectivity index (χ0v) is 19.9. The summed E-state index contributed by atoms with van der Waals surface area (Å²) in [5.74, 6) is 1.11. The molecule has 0 radical (unpaired) electrons. The normalized spacial score (nSPS) is 14.3. The van der Waals surface area contributed by atoms with E-state index in [1.54, 1.807) is 31.2 Å². The Hall–Kier alpha value is -4.07. The van der Waals surface area contributed by atoms with Gasteiger partial charge in [-0.3, -0.25) is 14.3 Å². The molecule has 1 N–H and O–H groups in total. The minimum Gasteiger partial charge on any atom is -0.497 e. The monoisotopic (exact) mass is 472 g/mol. The molecule has 0 bridgehead atoms. The second-order valence-electron chi connectivity index (χ2n) is 8.88. The van der Waals surface area contributed by atoms with Gasteiger partial charge in [-0.15, -0.1) is 0 Å². The van der Waals surface area contributed by atoms with Crippen molar-refractivity contribution < 1.29 is 18.7 Å². The lowest BCUT2D eigenvalue weighted by molar-refractivity contribution is 0.0656. The molecule has 1 aliphatic rings. The molecule has 3 heterocycles. The van der Waals surface area contributed by atoms with Crippen molar-refractivity contribution in [3.05, 3.63) is 72.2 Å². The Bertz CT molecular complexity index is 1350. The smallest absolute Gasteiger partial charge is 0.290 e. The zero-order chi connectivity index (χ0) is 24.4. The number of amides is 2. The summed E-state index contributed by atoms with van der Waals surface area (Å²) in [6.07, 6.45) is 4.88. The van der Waals surface area contributed by atoms with Crippen molar-refractivity contribution in [2.45, 2.75) is 12.8 Å². The van der Waals surface area contributed by atoms with Crippen LogP contribution in [-0.2, 0) is 7.05 Å². The van der Waals surface area contributed by atoms with Gasteiger partial charge in [-0.1, -0.05) is 30.3 Å². The fourth-order valence-corrected chi connectivity index (χ4v) is 4.61. The predicted octanol–water partition coefficient (Wildman–Crippen LogP) is 4.12. The number of carbonyl (C=O) groups is 2. The van der Waals surface area contributed by atoms with Gasteiger partial charge >= 0.3 is 0 Å². The van der Waals surface area contributed by atoms with Crippen LogP contribution in [0, 0.1) is 5.92 Å². The molecule has 1 saturated heterocycles. The number of hydrogen-bond donors (Lipinski definition) is 1. The maximum absolute atomic E-state index is 13.6. The van der Waals surface area contributed by atoms with E-state index in [1.807, 2.05) is 53.4 Å². The molecule has 1 fully saturated rings. The first-order chi connectivity index (χ1) is 17.0. The lowest BCUT2D eigenvalue weighted by Crippen LogP contribution is -2.41. The van der Waals surface area contributed by atoms with E-state index in [9.17, 15) is 9.59 Å². The maximum atomic E-state index is 13.6. The van der Waals surface area contributed by atoms with Crippen molar-refractivity contribution in [1.29, 1.82) is 0 Å². The number of carbonyl (C=O) groups excluding carboxylic acids is 2. The molecule has 8 nitrogen and oxygen atoms in total. The van der Waals surface area contributed by atoms with Gasteiger partial charge in [0.25, 0.3) is 11.8 Å². The van der Waals surface area contributed by atoms with Crippen LogP contribution in [0.2, 0.25) is 0 Å². The Labute approximate surface area is 203 Å². The van der Waals surface area contributed by atoms with E-state index in [1.165, 1.54) is 0 Å². The number of methoxy groups -OCH3 is 1. The summed E-state index contributed by atoms with van der Waals surface area (Å²) in [7, 11) is 3.39. The minimum atomic E-state index is -0.123. The molecule has 0 spiro atoms. The summed E-state index contributed by atoms with van der Waals surface area (Å²) in [5, 5.41) is 7.91. The van der Waals surface area contributed by atoms with Gasteiger partial charge < -0.3 is 19.4 Å². The Morgan fingerprint density at radius 2 is 1.91 bits per heavy atom. The van der Waals surface area contributed by atoms with Crippen molar-refractivity contribution in [3.8, 4) is 16.9 Å². The number of aryl methyl sites for hydroxylation is 1. The molecule has 0 aliphatic carbocycles. The molecule has 0 saturated carbocycles. The number of hydrogen-bond acceptors (Lipinski definition) is 5. The minimum absolute atomic E-state index is 0.114. The fraction of sp³-hybridized carbons (Fsp3) is 0.296. The largest absolute Gasteiger partial charge is 0.497 e. The van der Waals surface area contributed by atoms with Crippen molar-refractivity contribution in [1.82, 2.24) is 20.0 Å². The van der Waals surface area contributed by atoms with Crippen LogP contribution in [0.5, 0.6) is 5.75 Å². The summed E-state index contributed by atoms with van der Waals surface area (Å²) in [6, 6.07) is 15.5. The van der Waals surface area contributed by atoms with Crippen LogP contribution in [0.4, 0.5) is 0 Å². The molecular formula is C27H28N4O4. The first-order valence-corrected chi connectivity index (χ1v) is 11.8. The summed E-state index contributed by atoms with van der Waals surface area (Å²) >= 11 is 0. The molecule has 4 aromatic rings. The van der Waals surface area contributed by atoms with Crippen molar-refractivity contribution in [3.63, 3.8) is 0 Å². The topological polar surface area (TPSA) is 89.6 Å². The Morgan fingerprint density at radius 3 is 2.60 bits per heavy atom. The number of aromatic nitrogens is 2. The lowest BCUT2D eigenvalue weighted by Gasteiger charge is -2.31. The summed E-state index contributed by atoms with van der Waals surface area (Å²) in [4.78, 5) is 27.8. The van der Waals surface area contributed by atoms with Gasteiger partial charge in [0.15, 0.2) is 0 Å². The molecular weight excluding hydrogens is 444 g/mol. The van der Waals surface area contributed by atoms with Gasteiger partial charge in [0, 0.05) is 49.9 Å². The van der Waals surface area contributed by atoms with E-state index in [4.69, 9.17) is 9.15 Å². The van der Waals surface area contributed by atoms with E-state index >= 15 is 0 Å². The fourth-order valence-electron chi connectivity index (χ4n) is 4.61. The standard InChI is InChI=1S/C27H28N4O4/c1-30-17-20(16-29-30)26(32)28-15-18-10-12-31(13-11-18)27(33)25-24(19-6-4-3-5-7-19)22-9-8-21(34-2)14-23(22)35-25/h3-9,14,16-18H,10-13,15H2,1-2H3,(H,28,32). The molecule has 5 rings (SSSR count). The first kappa shape index (κ1) is 22.7. The van der Waals surface area contributed by atoms with Crippen molar-refractivity contribution in [2.24, 2.45) is 13.0 Å². The van der Waals surface area contributed by atoms with Gasteiger partial charge in [0.2, 0.25) is 5.76 Å². The highest BCUT2D eigenvalue weighted by Crippen LogP contribution is 2.37. The summed E-state index contributed by atoms with van der Waals surface area (Å²) in [6.45, 7) is 1.80. The molecule has 2 amide bonds. The molecule has 0 atom stereocenters. The van der Waals surface area contributed by atoms with E-state index in [0.29, 0.717) is 48.2 Å². The van der Waals surface area contributed by atoms with E-state index < -0.39 is 0 Å². The van der Waals surface area contributed by atoms with Crippen LogP contribution < -0.4 is 10.1 Å². The van der Waals surface area contributed by atoms with Crippen LogP contribution in [0.1, 0.15) is 33.8 Å². The molecule has 180 valence electrons. The number of likely N-dealkylation sites (tertiary alicyclic amines) is 1. The molecule has 1 aliphatic heterocycles. The number of piperidine rings is 1. The molecule has 8 heteroatoms. The zero-order valence-electron chi connectivity index (χ0n) is 19.9. The average molecular weight is 473 g/mol. The van der Waals surface area contributed by atoms with Gasteiger partial charge in [-0.05, 0) is 36.5 Å². The quantitative estimate of drug-likeness (QED) is 0.456. The highest BCUT2D eigenvalue weighted by molar-refractivity contribution is 6.08. The number of furan rings is 1. The second kappa shape index (κ2) is 9.66. The first-order valence-electron chi connectivity index (χ1n) is 11.8. The Morgan fingerprint density at radius 1 is 1.14 bits per heavy atom. The Balaban J connectivity index is 1.30. The third-order valence-corrected chi connectivity index (χ3v) is 6.57. The second-order valence-corrected chi connectivity index (χ2v) is 8.88. The molecule has 2 aromatic heterocycles. The number of nitrogens with one attached hydrogen (secondary N) is 1. The van der Waals surface area contributed by atoms with E-state index in [-0.39, 0.29) is 11.8 Å². The van der Waals surface area contributed by atoms with Crippen molar-refractivity contribution in [2.75, 3.05) is 26.7 Å². The number of benzene rings is 2. The third kappa shape index (κ3) is 4.64. The third-order valence-electron chi connectivity index (χ3n) is 6.57. The van der Waals surface area contributed by atoms with Gasteiger partial charge in [-0.2, -0.15) is 5.10 Å². The van der Waals surface area contributed by atoms with Crippen LogP contribution in [0.15, 0.2) is 65.3 Å². The van der Waals surface area contributed by atoms with E-state index in [2.05, 4.69) is 10.4 Å². The number of nitrogens with zero attached hydrogens (tertiary/aromatic N) is 3.